The fraction of sp³-hybridized carbons (Fsp3) is 0.611. The number of rotatable bonds is 4. The number of nitrogens with zero attached hydrogens (tertiary/aromatic N) is 3. The number of nitrogens with one attached hydrogen (secondary N) is 1. The number of nitrogens with two attached hydrogens (primary N) is 1. The Hall–Kier alpha value is -1.73. The van der Waals surface area contributed by atoms with Gasteiger partial charge in [-0.2, -0.15) is 5.10 Å². The maximum Gasteiger partial charge on any atom is 0.254 e. The van der Waals surface area contributed by atoms with Crippen molar-refractivity contribution in [3.8, 4) is 0 Å². The van der Waals surface area contributed by atoms with Crippen LogP contribution >= 0.6 is 11.6 Å². The molecular formula is C18H25ClFN5O. The largest absolute Gasteiger partial charge is 0.365 e. The van der Waals surface area contributed by atoms with Crippen LogP contribution in [-0.2, 0) is 0 Å². The van der Waals surface area contributed by atoms with Gasteiger partial charge >= 0.3 is 0 Å². The number of carbonyl (C=O) groups is 1. The van der Waals surface area contributed by atoms with Crippen molar-refractivity contribution < 1.29 is 9.18 Å². The van der Waals surface area contributed by atoms with Crippen LogP contribution in [-0.4, -0.2) is 46.0 Å². The standard InChI is InChI=1S/C18H25ClFN5O/c1-10-7-11(22-2)4-6-16(10)25-9-13(17(21)26)18(24-25)23-12-3-5-14(19)15(20)8-12/h3,5,9-11,14-16,22H,4,6-8H2,1-2H3,(H2,21,26). The van der Waals surface area contributed by atoms with E-state index < -0.39 is 17.5 Å². The van der Waals surface area contributed by atoms with Crippen LogP contribution in [0.1, 0.15) is 49.0 Å². The number of aliphatic imine (C=N–C) groups is 1. The van der Waals surface area contributed by atoms with Gasteiger partial charge < -0.3 is 11.1 Å². The summed E-state index contributed by atoms with van der Waals surface area (Å²) in [4.78, 5) is 16.2. The number of hydrogen-bond donors (Lipinski definition) is 2. The average molecular weight is 382 g/mol. The van der Waals surface area contributed by atoms with E-state index in [9.17, 15) is 9.18 Å². The molecule has 0 aromatic carbocycles. The van der Waals surface area contributed by atoms with E-state index in [0.29, 0.717) is 17.7 Å². The summed E-state index contributed by atoms with van der Waals surface area (Å²) in [5.41, 5.74) is 6.28. The summed E-state index contributed by atoms with van der Waals surface area (Å²) in [6.45, 7) is 2.18. The molecule has 5 atom stereocenters. The molecule has 1 fully saturated rings. The van der Waals surface area contributed by atoms with Gasteiger partial charge in [-0.1, -0.05) is 13.0 Å². The smallest absolute Gasteiger partial charge is 0.254 e. The first-order chi connectivity index (χ1) is 12.4. The molecule has 2 aliphatic rings. The van der Waals surface area contributed by atoms with Gasteiger partial charge in [0.25, 0.3) is 5.91 Å². The summed E-state index contributed by atoms with van der Waals surface area (Å²) in [5.74, 6) is 0.0726. The minimum atomic E-state index is -1.20. The highest BCUT2D eigenvalue weighted by Gasteiger charge is 2.30. The Kier molecular flexibility index (Phi) is 5.77. The van der Waals surface area contributed by atoms with E-state index >= 15 is 0 Å². The first-order valence-corrected chi connectivity index (χ1v) is 9.42. The topological polar surface area (TPSA) is 85.3 Å². The van der Waals surface area contributed by atoms with Crippen molar-refractivity contribution in [2.45, 2.75) is 56.2 Å². The second kappa shape index (κ2) is 7.88. The molecule has 26 heavy (non-hydrogen) atoms. The number of aromatic nitrogens is 2. The first kappa shape index (κ1) is 19.0. The van der Waals surface area contributed by atoms with Crippen molar-refractivity contribution in [2.75, 3.05) is 7.05 Å². The summed E-state index contributed by atoms with van der Waals surface area (Å²) >= 11 is 5.85. The van der Waals surface area contributed by atoms with Crippen LogP contribution in [0.2, 0.25) is 0 Å². The normalized spacial score (nSPS) is 33.5. The van der Waals surface area contributed by atoms with Crippen molar-refractivity contribution in [3.05, 3.63) is 23.9 Å². The Bertz CT molecular complexity index is 731. The van der Waals surface area contributed by atoms with E-state index in [2.05, 4.69) is 22.3 Å². The van der Waals surface area contributed by atoms with Gasteiger partial charge in [0.1, 0.15) is 11.7 Å². The second-order valence-corrected chi connectivity index (χ2v) is 7.68. The maximum atomic E-state index is 13.8. The molecule has 6 nitrogen and oxygen atoms in total. The lowest BCUT2D eigenvalue weighted by Gasteiger charge is -2.34. The summed E-state index contributed by atoms with van der Waals surface area (Å²) in [6, 6.07) is 0.694. The molecule has 0 spiro atoms. The lowest BCUT2D eigenvalue weighted by Crippen LogP contribution is -2.35. The van der Waals surface area contributed by atoms with E-state index in [-0.39, 0.29) is 23.8 Å². The molecule has 0 radical (unpaired) electrons. The van der Waals surface area contributed by atoms with Crippen LogP contribution in [0.5, 0.6) is 0 Å². The number of halogens is 2. The van der Waals surface area contributed by atoms with Crippen LogP contribution in [0, 0.1) is 5.92 Å². The van der Waals surface area contributed by atoms with Gasteiger partial charge in [-0.25, -0.2) is 9.38 Å². The molecule has 142 valence electrons. The third kappa shape index (κ3) is 3.99. The monoisotopic (exact) mass is 381 g/mol. The Balaban J connectivity index is 1.88. The van der Waals surface area contributed by atoms with Crippen LogP contribution in [0.15, 0.2) is 23.3 Å². The highest BCUT2D eigenvalue weighted by Crippen LogP contribution is 2.35. The van der Waals surface area contributed by atoms with Gasteiger partial charge in [-0.3, -0.25) is 9.48 Å². The van der Waals surface area contributed by atoms with Gasteiger partial charge in [-0.15, -0.1) is 11.6 Å². The fourth-order valence-electron chi connectivity index (χ4n) is 3.77. The van der Waals surface area contributed by atoms with E-state index in [1.54, 1.807) is 23.0 Å². The number of alkyl halides is 2. The molecule has 5 unspecified atom stereocenters. The Labute approximate surface area is 157 Å². The zero-order valence-corrected chi connectivity index (χ0v) is 15.8. The third-order valence-electron chi connectivity index (χ3n) is 5.32. The van der Waals surface area contributed by atoms with Crippen molar-refractivity contribution in [2.24, 2.45) is 16.6 Å². The molecule has 1 heterocycles. The van der Waals surface area contributed by atoms with Crippen LogP contribution < -0.4 is 11.1 Å². The molecule has 0 aliphatic heterocycles. The maximum absolute atomic E-state index is 13.8. The number of primary amides is 1. The van der Waals surface area contributed by atoms with E-state index in [1.807, 2.05) is 7.05 Å². The molecule has 1 aromatic rings. The van der Waals surface area contributed by atoms with Gasteiger partial charge in [0, 0.05) is 24.4 Å². The van der Waals surface area contributed by atoms with Crippen molar-refractivity contribution >= 4 is 29.0 Å². The molecule has 1 aromatic heterocycles. The molecule has 1 saturated carbocycles. The molecule has 2 aliphatic carbocycles. The van der Waals surface area contributed by atoms with Crippen molar-refractivity contribution in [1.29, 1.82) is 0 Å². The average Bonchev–Trinajstić information content (AvgIpc) is 3.01. The molecule has 8 heteroatoms. The molecule has 0 saturated heterocycles. The van der Waals surface area contributed by atoms with Gasteiger partial charge in [-0.05, 0) is 38.3 Å². The van der Waals surface area contributed by atoms with E-state index in [4.69, 9.17) is 17.3 Å². The lowest BCUT2D eigenvalue weighted by molar-refractivity contribution is 0.100. The highest BCUT2D eigenvalue weighted by molar-refractivity contribution is 6.23. The van der Waals surface area contributed by atoms with Gasteiger partial charge in [0.05, 0.1) is 11.4 Å². The summed E-state index contributed by atoms with van der Waals surface area (Å²) in [7, 11) is 1.98. The Morgan fingerprint density at radius 3 is 2.88 bits per heavy atom. The number of allylic oxidation sites excluding steroid dienone is 2. The predicted octanol–water partition coefficient (Wildman–Crippen LogP) is 2.91. The van der Waals surface area contributed by atoms with Gasteiger partial charge in [0.15, 0.2) is 5.82 Å². The zero-order chi connectivity index (χ0) is 18.8. The predicted molar refractivity (Wildman–Crippen MR) is 101 cm³/mol. The Morgan fingerprint density at radius 2 is 2.27 bits per heavy atom. The quantitative estimate of drug-likeness (QED) is 0.786. The highest BCUT2D eigenvalue weighted by atomic mass is 35.5. The minimum Gasteiger partial charge on any atom is -0.365 e. The third-order valence-corrected chi connectivity index (χ3v) is 5.74. The van der Waals surface area contributed by atoms with E-state index in [0.717, 1.165) is 19.3 Å². The molecule has 1 amide bonds. The SMILES string of the molecule is CNC1CCC(n2cc(C(N)=O)c(N=C3C=CC(Cl)C(F)C3)n2)C(C)C1. The van der Waals surface area contributed by atoms with Crippen molar-refractivity contribution in [1.82, 2.24) is 15.1 Å². The summed E-state index contributed by atoms with van der Waals surface area (Å²) in [5, 5.41) is 7.19. The van der Waals surface area contributed by atoms with Gasteiger partial charge in [0.2, 0.25) is 0 Å². The molecule has 3 N–H and O–H groups in total. The first-order valence-electron chi connectivity index (χ1n) is 8.99. The fourth-order valence-corrected chi connectivity index (χ4v) is 3.93. The number of amides is 1. The van der Waals surface area contributed by atoms with Crippen LogP contribution in [0.3, 0.4) is 0 Å². The van der Waals surface area contributed by atoms with Crippen molar-refractivity contribution in [3.63, 3.8) is 0 Å². The number of hydrogen-bond acceptors (Lipinski definition) is 4. The van der Waals surface area contributed by atoms with Crippen LogP contribution in [0.25, 0.3) is 0 Å². The molecule has 3 rings (SSSR count). The zero-order valence-electron chi connectivity index (χ0n) is 15.0. The Morgan fingerprint density at radius 1 is 1.50 bits per heavy atom. The number of carbonyl (C=O) groups excluding carboxylic acids is 1. The molecular weight excluding hydrogens is 357 g/mol. The summed E-state index contributed by atoms with van der Waals surface area (Å²) in [6.07, 6.45) is 6.87. The van der Waals surface area contributed by atoms with E-state index in [1.165, 1.54) is 0 Å². The second-order valence-electron chi connectivity index (χ2n) is 7.18. The van der Waals surface area contributed by atoms with Crippen LogP contribution in [0.4, 0.5) is 10.2 Å². The summed E-state index contributed by atoms with van der Waals surface area (Å²) < 4.78 is 15.6. The lowest BCUT2D eigenvalue weighted by atomic mass is 9.83. The molecule has 0 bridgehead atoms. The minimum absolute atomic E-state index is 0.0966.